The van der Waals surface area contributed by atoms with E-state index in [2.05, 4.69) is 21.3 Å². The summed E-state index contributed by atoms with van der Waals surface area (Å²) in [6, 6.07) is -3.09. The number of hydrogen-bond donors (Lipinski definition) is 6. The van der Waals surface area contributed by atoms with Crippen LogP contribution in [0.4, 0.5) is 0 Å². The number of carboxylic acid groups (broad SMARTS) is 1. The third kappa shape index (κ3) is 7.92. The third-order valence-corrected chi connectivity index (χ3v) is 4.44. The van der Waals surface area contributed by atoms with Gasteiger partial charge in [-0.1, -0.05) is 0 Å². The van der Waals surface area contributed by atoms with Crippen molar-refractivity contribution < 1.29 is 24.3 Å². The quantitative estimate of drug-likeness (QED) is 0.234. The topological polar surface area (TPSA) is 163 Å². The molecule has 3 amide bonds. The number of amides is 3. The molecule has 1 heterocycles. The Morgan fingerprint density at radius 1 is 1.07 bits per heavy atom. The second kappa shape index (κ2) is 11.5. The molecule has 0 bridgehead atoms. The highest BCUT2D eigenvalue weighted by molar-refractivity contribution is 5.93. The van der Waals surface area contributed by atoms with Crippen LogP contribution in [-0.4, -0.2) is 66.1 Å². The summed E-state index contributed by atoms with van der Waals surface area (Å²) < 4.78 is 0. The van der Waals surface area contributed by atoms with Crippen molar-refractivity contribution in [1.82, 2.24) is 21.3 Å². The van der Waals surface area contributed by atoms with Crippen molar-refractivity contribution in [3.63, 3.8) is 0 Å². The van der Waals surface area contributed by atoms with E-state index >= 15 is 0 Å². The molecule has 0 aromatic rings. The van der Waals surface area contributed by atoms with Gasteiger partial charge in [-0.3, -0.25) is 19.2 Å². The molecule has 1 fully saturated rings. The summed E-state index contributed by atoms with van der Waals surface area (Å²) in [6.45, 7) is 4.04. The summed E-state index contributed by atoms with van der Waals surface area (Å²) in [5.74, 6) is -2.50. The molecule has 1 rings (SSSR count). The van der Waals surface area contributed by atoms with Gasteiger partial charge in [-0.05, 0) is 59.0 Å². The van der Waals surface area contributed by atoms with Crippen molar-refractivity contribution in [2.24, 2.45) is 5.73 Å². The van der Waals surface area contributed by atoms with Gasteiger partial charge in [-0.2, -0.15) is 0 Å². The molecule has 1 aliphatic rings. The van der Waals surface area contributed by atoms with Crippen LogP contribution in [0.5, 0.6) is 0 Å². The largest absolute Gasteiger partial charge is 0.480 e. The predicted octanol–water partition coefficient (Wildman–Crippen LogP) is -1.55. The zero-order valence-electron chi connectivity index (χ0n) is 15.9. The molecule has 0 radical (unpaired) electrons. The number of carbonyl (C=O) groups is 4. The minimum Gasteiger partial charge on any atom is -0.480 e. The number of carbonyl (C=O) groups excluding carboxylic acids is 3. The lowest BCUT2D eigenvalue weighted by molar-refractivity contribution is -0.141. The van der Waals surface area contributed by atoms with Crippen molar-refractivity contribution in [3.8, 4) is 0 Å². The molecule has 10 heteroatoms. The average Bonchev–Trinajstić information content (AvgIpc) is 3.15. The van der Waals surface area contributed by atoms with E-state index in [4.69, 9.17) is 10.8 Å². The maximum atomic E-state index is 12.5. The van der Waals surface area contributed by atoms with Gasteiger partial charge in [0.15, 0.2) is 0 Å². The van der Waals surface area contributed by atoms with Crippen LogP contribution < -0.4 is 27.0 Å². The Bertz CT molecular complexity index is 536. The molecule has 0 aliphatic carbocycles. The maximum Gasteiger partial charge on any atom is 0.325 e. The first kappa shape index (κ1) is 22.8. The fourth-order valence-corrected chi connectivity index (χ4v) is 2.72. The van der Waals surface area contributed by atoms with E-state index in [0.29, 0.717) is 25.8 Å². The number of hydrogen-bond acceptors (Lipinski definition) is 6. The molecular weight excluding hydrogens is 354 g/mol. The zero-order chi connectivity index (χ0) is 20.4. The standard InChI is InChI=1S/C17H31N5O5/c1-10(14(23)21-11(2)17(26)27)20-16(25)13(6-3-4-8-18)22-15(24)12-7-5-9-19-12/h10-13,19H,3-9,18H2,1-2H3,(H,20,25)(H,21,23)(H,22,24)(H,26,27)/t10-,11-,12-,13-/m0/s1. The zero-order valence-corrected chi connectivity index (χ0v) is 15.9. The lowest BCUT2D eigenvalue weighted by Gasteiger charge is -2.23. The summed E-state index contributed by atoms with van der Waals surface area (Å²) in [6.07, 6.45) is 3.40. The Morgan fingerprint density at radius 2 is 1.74 bits per heavy atom. The first-order chi connectivity index (χ1) is 12.8. The van der Waals surface area contributed by atoms with Crippen LogP contribution in [0, 0.1) is 0 Å². The van der Waals surface area contributed by atoms with Gasteiger partial charge in [-0.15, -0.1) is 0 Å². The van der Waals surface area contributed by atoms with Gasteiger partial charge >= 0.3 is 5.97 Å². The highest BCUT2D eigenvalue weighted by atomic mass is 16.4. The van der Waals surface area contributed by atoms with E-state index in [1.54, 1.807) is 0 Å². The Labute approximate surface area is 159 Å². The minimum absolute atomic E-state index is 0.239. The van der Waals surface area contributed by atoms with Crippen molar-refractivity contribution in [1.29, 1.82) is 0 Å². The molecule has 7 N–H and O–H groups in total. The molecule has 1 saturated heterocycles. The lowest BCUT2D eigenvalue weighted by atomic mass is 10.1. The SMILES string of the molecule is C[C@H](NC(=O)[C@H](C)NC(=O)[C@H](CCCCN)NC(=O)[C@@H]1CCCN1)C(=O)O. The van der Waals surface area contributed by atoms with Gasteiger partial charge in [0.05, 0.1) is 6.04 Å². The van der Waals surface area contributed by atoms with Crippen molar-refractivity contribution in [3.05, 3.63) is 0 Å². The van der Waals surface area contributed by atoms with E-state index in [1.807, 2.05) is 0 Å². The molecule has 27 heavy (non-hydrogen) atoms. The second-order valence-corrected chi connectivity index (χ2v) is 6.79. The molecule has 0 saturated carbocycles. The van der Waals surface area contributed by atoms with Crippen LogP contribution in [0.1, 0.15) is 46.0 Å². The summed E-state index contributed by atoms with van der Waals surface area (Å²) in [7, 11) is 0. The van der Waals surface area contributed by atoms with Gasteiger partial charge in [0.2, 0.25) is 17.7 Å². The molecule has 0 spiro atoms. The molecule has 1 aliphatic heterocycles. The van der Waals surface area contributed by atoms with E-state index in [0.717, 1.165) is 19.4 Å². The number of aliphatic carboxylic acids is 1. The van der Waals surface area contributed by atoms with Crippen LogP contribution in [0.25, 0.3) is 0 Å². The Morgan fingerprint density at radius 3 is 2.30 bits per heavy atom. The Hall–Kier alpha value is -2.20. The highest BCUT2D eigenvalue weighted by Gasteiger charge is 2.29. The van der Waals surface area contributed by atoms with Crippen molar-refractivity contribution in [2.75, 3.05) is 13.1 Å². The van der Waals surface area contributed by atoms with Crippen LogP contribution in [0.15, 0.2) is 0 Å². The summed E-state index contributed by atoms with van der Waals surface area (Å²) in [5, 5.41) is 19.5. The number of unbranched alkanes of at least 4 members (excludes halogenated alkanes) is 1. The smallest absolute Gasteiger partial charge is 0.325 e. The van der Waals surface area contributed by atoms with Gasteiger partial charge in [0.1, 0.15) is 18.1 Å². The molecule has 4 atom stereocenters. The van der Waals surface area contributed by atoms with E-state index in [-0.39, 0.29) is 11.9 Å². The van der Waals surface area contributed by atoms with Gasteiger partial charge in [0.25, 0.3) is 0 Å². The number of nitrogens with two attached hydrogens (primary N) is 1. The molecule has 0 aromatic heterocycles. The normalized spacial score (nSPS) is 19.6. The second-order valence-electron chi connectivity index (χ2n) is 6.79. The molecule has 10 nitrogen and oxygen atoms in total. The number of rotatable bonds is 11. The highest BCUT2D eigenvalue weighted by Crippen LogP contribution is 2.07. The summed E-state index contributed by atoms with van der Waals surface area (Å²) >= 11 is 0. The summed E-state index contributed by atoms with van der Waals surface area (Å²) in [4.78, 5) is 47.7. The predicted molar refractivity (Wildman–Crippen MR) is 98.7 cm³/mol. The van der Waals surface area contributed by atoms with Crippen LogP contribution in [0.3, 0.4) is 0 Å². The van der Waals surface area contributed by atoms with Crippen LogP contribution in [0.2, 0.25) is 0 Å². The van der Waals surface area contributed by atoms with E-state index in [9.17, 15) is 19.2 Å². The third-order valence-electron chi connectivity index (χ3n) is 4.44. The molecule has 0 aromatic carbocycles. The Balaban J connectivity index is 2.63. The maximum absolute atomic E-state index is 12.5. The van der Waals surface area contributed by atoms with E-state index in [1.165, 1.54) is 13.8 Å². The Kier molecular flexibility index (Phi) is 9.73. The summed E-state index contributed by atoms with van der Waals surface area (Å²) in [5.41, 5.74) is 5.48. The molecule has 0 unspecified atom stereocenters. The van der Waals surface area contributed by atoms with Gasteiger partial charge in [-0.25, -0.2) is 0 Å². The minimum atomic E-state index is -1.17. The fraction of sp³-hybridized carbons (Fsp3) is 0.765. The first-order valence-corrected chi connectivity index (χ1v) is 9.33. The lowest BCUT2D eigenvalue weighted by Crippen LogP contribution is -2.56. The van der Waals surface area contributed by atoms with Crippen molar-refractivity contribution in [2.45, 2.75) is 70.1 Å². The van der Waals surface area contributed by atoms with E-state index < -0.39 is 35.9 Å². The van der Waals surface area contributed by atoms with Crippen LogP contribution >= 0.6 is 0 Å². The van der Waals surface area contributed by atoms with Crippen molar-refractivity contribution >= 4 is 23.7 Å². The number of carboxylic acids is 1. The average molecular weight is 385 g/mol. The molecular formula is C17H31N5O5. The monoisotopic (exact) mass is 385 g/mol. The molecule has 154 valence electrons. The first-order valence-electron chi connectivity index (χ1n) is 9.33. The van der Waals surface area contributed by atoms with Crippen LogP contribution in [-0.2, 0) is 19.2 Å². The number of nitrogens with one attached hydrogen (secondary N) is 4. The van der Waals surface area contributed by atoms with Gasteiger partial charge in [0, 0.05) is 0 Å². The fourth-order valence-electron chi connectivity index (χ4n) is 2.72. The van der Waals surface area contributed by atoms with Gasteiger partial charge < -0.3 is 32.1 Å².